The lowest BCUT2D eigenvalue weighted by molar-refractivity contribution is -0.700. The summed E-state index contributed by atoms with van der Waals surface area (Å²) in [6.07, 6.45) is 0. The number of hydrogen-bond acceptors (Lipinski definition) is 2. The van der Waals surface area contributed by atoms with E-state index in [1.165, 1.54) is 22.9 Å². The number of rotatable bonds is 6. The second kappa shape index (κ2) is 8.98. The summed E-state index contributed by atoms with van der Waals surface area (Å²) in [5.74, 6) is 0.321. The first-order chi connectivity index (χ1) is 14.9. The Morgan fingerprint density at radius 3 is 2.32 bits per heavy atom. The molecule has 0 aliphatic heterocycles. The van der Waals surface area contributed by atoms with Crippen LogP contribution in [-0.2, 0) is 16.8 Å². The third-order valence-electron chi connectivity index (χ3n) is 5.24. The maximum Gasteiger partial charge on any atom is 0.317 e. The van der Waals surface area contributed by atoms with Gasteiger partial charge in [-0.15, -0.1) is 0 Å². The predicted molar refractivity (Wildman–Crippen MR) is 129 cm³/mol. The average molecular weight is 431 g/mol. The predicted octanol–water partition coefficient (Wildman–Crippen LogP) is 5.53. The number of carbonyl (C=O) groups is 1. The molecule has 0 saturated heterocycles. The molecule has 0 spiro atoms. The van der Waals surface area contributed by atoms with E-state index in [1.807, 2.05) is 30.3 Å². The molecular weight excluding hydrogens is 402 g/mol. The molecule has 2 N–H and O–H groups in total. The second-order valence-corrected chi connectivity index (χ2v) is 9.65. The number of para-hydroxylation sites is 2. The molecule has 5 heteroatoms. The van der Waals surface area contributed by atoms with Crippen LogP contribution < -0.4 is 9.88 Å². The van der Waals surface area contributed by atoms with Crippen LogP contribution in [0.25, 0.3) is 11.0 Å². The number of imidazole rings is 1. The highest BCUT2D eigenvalue weighted by molar-refractivity contribution is 7.99. The summed E-state index contributed by atoms with van der Waals surface area (Å²) in [6, 6.07) is 26.7. The van der Waals surface area contributed by atoms with E-state index in [2.05, 4.69) is 84.2 Å². The molecule has 31 heavy (non-hydrogen) atoms. The zero-order chi connectivity index (χ0) is 21.8. The highest BCUT2D eigenvalue weighted by atomic mass is 32.2. The SMILES string of the molecule is CC(C)(C)c1ccc(NC(=O)CSc2[nH]c3ccccc3[n+]2Cc2ccccc2)cc1. The van der Waals surface area contributed by atoms with Crippen molar-refractivity contribution in [2.24, 2.45) is 0 Å². The quantitative estimate of drug-likeness (QED) is 0.312. The van der Waals surface area contributed by atoms with Gasteiger partial charge in [-0.3, -0.25) is 4.79 Å². The van der Waals surface area contributed by atoms with Crippen LogP contribution in [0.3, 0.4) is 0 Å². The highest BCUT2D eigenvalue weighted by Gasteiger charge is 2.20. The minimum absolute atomic E-state index is 0.0153. The van der Waals surface area contributed by atoms with Gasteiger partial charge in [0, 0.05) is 5.69 Å². The van der Waals surface area contributed by atoms with E-state index in [0.717, 1.165) is 28.4 Å². The van der Waals surface area contributed by atoms with E-state index in [9.17, 15) is 4.79 Å². The first-order valence-corrected chi connectivity index (χ1v) is 11.5. The Bertz CT molecular complexity index is 1170. The molecule has 4 rings (SSSR count). The van der Waals surface area contributed by atoms with E-state index in [1.54, 1.807) is 0 Å². The summed E-state index contributed by atoms with van der Waals surface area (Å²) in [7, 11) is 0. The zero-order valence-electron chi connectivity index (χ0n) is 18.2. The van der Waals surface area contributed by atoms with Gasteiger partial charge in [-0.25, -0.2) is 9.55 Å². The standard InChI is InChI=1S/C26H27N3OS/c1-26(2,3)20-13-15-21(16-14-20)27-24(30)18-31-25-28-22-11-7-8-12-23(22)29(25)17-19-9-5-4-6-10-19/h4-16H,17-18H2,1-3H3,(H,27,30)/p+1. The lowest BCUT2D eigenvalue weighted by Gasteiger charge is -2.19. The summed E-state index contributed by atoms with van der Waals surface area (Å²) >= 11 is 1.52. The lowest BCUT2D eigenvalue weighted by atomic mass is 9.87. The van der Waals surface area contributed by atoms with Gasteiger partial charge in [-0.2, -0.15) is 0 Å². The largest absolute Gasteiger partial charge is 0.325 e. The van der Waals surface area contributed by atoms with Crippen molar-refractivity contribution in [3.63, 3.8) is 0 Å². The van der Waals surface area contributed by atoms with Gasteiger partial charge in [0.05, 0.1) is 5.75 Å². The van der Waals surface area contributed by atoms with E-state index in [-0.39, 0.29) is 11.3 Å². The van der Waals surface area contributed by atoms with Crippen LogP contribution in [-0.4, -0.2) is 16.6 Å². The molecule has 0 aliphatic carbocycles. The first-order valence-electron chi connectivity index (χ1n) is 10.5. The van der Waals surface area contributed by atoms with Crippen LogP contribution in [0.15, 0.2) is 84.0 Å². The zero-order valence-corrected chi connectivity index (χ0v) is 19.0. The van der Waals surface area contributed by atoms with Crippen molar-refractivity contribution in [3.05, 3.63) is 90.0 Å². The number of anilines is 1. The summed E-state index contributed by atoms with van der Waals surface area (Å²) in [6.45, 7) is 7.30. The third-order valence-corrected chi connectivity index (χ3v) is 6.24. The monoisotopic (exact) mass is 430 g/mol. The number of H-pyrrole nitrogens is 1. The average Bonchev–Trinajstić information content (AvgIpc) is 3.10. The van der Waals surface area contributed by atoms with Crippen LogP contribution in [0.2, 0.25) is 0 Å². The molecule has 1 amide bonds. The molecule has 0 fully saturated rings. The Morgan fingerprint density at radius 2 is 1.61 bits per heavy atom. The van der Waals surface area contributed by atoms with Crippen LogP contribution in [0.4, 0.5) is 5.69 Å². The Balaban J connectivity index is 1.47. The van der Waals surface area contributed by atoms with Crippen molar-refractivity contribution in [2.75, 3.05) is 11.1 Å². The van der Waals surface area contributed by atoms with Crippen molar-refractivity contribution < 1.29 is 9.36 Å². The molecule has 0 atom stereocenters. The smallest absolute Gasteiger partial charge is 0.317 e. The molecule has 3 aromatic carbocycles. The summed E-state index contributed by atoms with van der Waals surface area (Å²) in [5.41, 5.74) is 5.60. The Hall–Kier alpha value is -3.05. The number of benzene rings is 3. The van der Waals surface area contributed by atoms with Gasteiger partial charge in [0.25, 0.3) is 0 Å². The van der Waals surface area contributed by atoms with E-state index in [4.69, 9.17) is 0 Å². The summed E-state index contributed by atoms with van der Waals surface area (Å²) in [4.78, 5) is 16.1. The fraction of sp³-hybridized carbons (Fsp3) is 0.231. The number of nitrogens with one attached hydrogen (secondary N) is 2. The van der Waals surface area contributed by atoms with Crippen molar-refractivity contribution in [3.8, 4) is 0 Å². The third kappa shape index (κ3) is 5.17. The normalized spacial score (nSPS) is 11.6. The van der Waals surface area contributed by atoms with Gasteiger partial charge in [0.15, 0.2) is 11.0 Å². The topological polar surface area (TPSA) is 48.8 Å². The van der Waals surface area contributed by atoms with Gasteiger partial charge in [0.1, 0.15) is 6.54 Å². The molecule has 0 unspecified atom stereocenters. The van der Waals surface area contributed by atoms with Crippen molar-refractivity contribution >= 4 is 34.4 Å². The number of amides is 1. The van der Waals surface area contributed by atoms with Crippen LogP contribution in [0.5, 0.6) is 0 Å². The van der Waals surface area contributed by atoms with E-state index in [0.29, 0.717) is 5.75 Å². The maximum atomic E-state index is 12.6. The lowest BCUT2D eigenvalue weighted by Crippen LogP contribution is -2.35. The minimum Gasteiger partial charge on any atom is -0.325 e. The summed E-state index contributed by atoms with van der Waals surface area (Å²) < 4.78 is 2.24. The molecule has 0 aliphatic rings. The maximum absolute atomic E-state index is 12.6. The van der Waals surface area contributed by atoms with Crippen molar-refractivity contribution in [2.45, 2.75) is 37.9 Å². The number of aromatic nitrogens is 2. The van der Waals surface area contributed by atoms with E-state index < -0.39 is 0 Å². The number of carbonyl (C=O) groups excluding carboxylic acids is 1. The van der Waals surface area contributed by atoms with Gasteiger partial charge >= 0.3 is 5.16 Å². The fourth-order valence-corrected chi connectivity index (χ4v) is 4.37. The van der Waals surface area contributed by atoms with E-state index >= 15 is 0 Å². The molecule has 0 radical (unpaired) electrons. The molecule has 158 valence electrons. The Morgan fingerprint density at radius 1 is 0.935 bits per heavy atom. The molecule has 0 saturated carbocycles. The molecule has 4 aromatic rings. The van der Waals surface area contributed by atoms with Crippen LogP contribution in [0, 0.1) is 0 Å². The van der Waals surface area contributed by atoms with Crippen LogP contribution in [0.1, 0.15) is 31.9 Å². The summed E-state index contributed by atoms with van der Waals surface area (Å²) in [5, 5.41) is 3.99. The molecule has 1 heterocycles. The number of aromatic amines is 1. The van der Waals surface area contributed by atoms with Gasteiger partial charge in [0.2, 0.25) is 5.91 Å². The molecule has 0 bridgehead atoms. The highest BCUT2D eigenvalue weighted by Crippen LogP contribution is 2.24. The number of hydrogen-bond donors (Lipinski definition) is 2. The van der Waals surface area contributed by atoms with Crippen molar-refractivity contribution in [1.82, 2.24) is 4.98 Å². The molecule has 4 nitrogen and oxygen atoms in total. The van der Waals surface area contributed by atoms with Gasteiger partial charge < -0.3 is 5.32 Å². The molecular formula is C26H28N3OS+. The number of fused-ring (bicyclic) bond motifs is 1. The fourth-order valence-electron chi connectivity index (χ4n) is 3.53. The minimum atomic E-state index is -0.0153. The Labute approximate surface area is 187 Å². The second-order valence-electron chi connectivity index (χ2n) is 8.68. The van der Waals surface area contributed by atoms with Crippen LogP contribution >= 0.6 is 11.8 Å². The van der Waals surface area contributed by atoms with Gasteiger partial charge in [-0.05, 0) is 52.6 Å². The number of thioether (sulfide) groups is 1. The number of nitrogens with zero attached hydrogens (tertiary/aromatic N) is 1. The first kappa shape index (κ1) is 21.2. The van der Waals surface area contributed by atoms with Crippen molar-refractivity contribution in [1.29, 1.82) is 0 Å². The van der Waals surface area contributed by atoms with Gasteiger partial charge in [-0.1, -0.05) is 75.4 Å². The Kier molecular flexibility index (Phi) is 6.14. The molecule has 1 aromatic heterocycles.